The van der Waals surface area contributed by atoms with E-state index in [4.69, 9.17) is 5.84 Å². The number of nitrogens with one attached hydrogen (secondary N) is 1. The molecule has 0 amide bonds. The summed E-state index contributed by atoms with van der Waals surface area (Å²) < 4.78 is 0. The average Bonchev–Trinajstić information content (AvgIpc) is 2.21. The molecule has 1 aromatic rings. The summed E-state index contributed by atoms with van der Waals surface area (Å²) in [7, 11) is 0. The lowest BCUT2D eigenvalue weighted by atomic mass is 10.2. The van der Waals surface area contributed by atoms with E-state index in [1.54, 1.807) is 19.3 Å². The highest BCUT2D eigenvalue weighted by Crippen LogP contribution is 2.09. The number of hydrogen-bond donors (Lipinski definition) is 2. The van der Waals surface area contributed by atoms with E-state index in [2.05, 4.69) is 27.2 Å². The molecule has 0 bridgehead atoms. The Morgan fingerprint density at radius 3 is 2.64 bits per heavy atom. The van der Waals surface area contributed by atoms with Crippen molar-refractivity contribution in [3.8, 4) is 11.8 Å². The highest BCUT2D eigenvalue weighted by atomic mass is 15.2. The van der Waals surface area contributed by atoms with Gasteiger partial charge in [0.05, 0.1) is 6.04 Å². The van der Waals surface area contributed by atoms with Crippen LogP contribution in [0.15, 0.2) is 12.4 Å². The molecule has 4 heteroatoms. The monoisotopic (exact) mass is 190 g/mol. The lowest BCUT2D eigenvalue weighted by molar-refractivity contribution is 0.536. The molecule has 1 unspecified atom stereocenters. The summed E-state index contributed by atoms with van der Waals surface area (Å²) in [4.78, 5) is 8.36. The summed E-state index contributed by atoms with van der Waals surface area (Å²) in [6.45, 7) is 3.74. The van der Waals surface area contributed by atoms with Gasteiger partial charge in [-0.1, -0.05) is 0 Å². The molecule has 0 spiro atoms. The number of rotatable bonds is 3. The van der Waals surface area contributed by atoms with Crippen molar-refractivity contribution in [2.45, 2.75) is 26.3 Å². The molecule has 0 aliphatic heterocycles. The molecule has 14 heavy (non-hydrogen) atoms. The molecular weight excluding hydrogens is 176 g/mol. The van der Waals surface area contributed by atoms with Gasteiger partial charge in [-0.15, -0.1) is 11.8 Å². The van der Waals surface area contributed by atoms with Crippen molar-refractivity contribution in [1.29, 1.82) is 0 Å². The zero-order valence-electron chi connectivity index (χ0n) is 8.41. The quantitative estimate of drug-likeness (QED) is 0.418. The Hall–Kier alpha value is -1.44. The SMILES string of the molecule is CC#CCC(NN)c1ncc(C)cn1. The lowest BCUT2D eigenvalue weighted by Crippen LogP contribution is -2.29. The maximum atomic E-state index is 5.39. The predicted octanol–water partition coefficient (Wildman–Crippen LogP) is 0.703. The maximum Gasteiger partial charge on any atom is 0.147 e. The van der Waals surface area contributed by atoms with E-state index in [1.165, 1.54) is 0 Å². The molecule has 0 saturated carbocycles. The van der Waals surface area contributed by atoms with Gasteiger partial charge in [0.15, 0.2) is 0 Å². The van der Waals surface area contributed by atoms with E-state index in [9.17, 15) is 0 Å². The van der Waals surface area contributed by atoms with Crippen molar-refractivity contribution >= 4 is 0 Å². The molecule has 0 aliphatic carbocycles. The zero-order valence-corrected chi connectivity index (χ0v) is 8.41. The molecular formula is C10H14N4. The van der Waals surface area contributed by atoms with Crippen LogP contribution < -0.4 is 11.3 Å². The fourth-order valence-corrected chi connectivity index (χ4v) is 1.01. The number of hydrogen-bond acceptors (Lipinski definition) is 4. The number of nitrogens with two attached hydrogens (primary N) is 1. The van der Waals surface area contributed by atoms with E-state index >= 15 is 0 Å². The minimum absolute atomic E-state index is 0.0944. The lowest BCUT2D eigenvalue weighted by Gasteiger charge is -2.10. The van der Waals surface area contributed by atoms with Gasteiger partial charge in [0.2, 0.25) is 0 Å². The Morgan fingerprint density at radius 2 is 2.14 bits per heavy atom. The van der Waals surface area contributed by atoms with Crippen molar-refractivity contribution in [3.63, 3.8) is 0 Å². The van der Waals surface area contributed by atoms with Crippen molar-refractivity contribution in [2.75, 3.05) is 0 Å². The van der Waals surface area contributed by atoms with E-state index in [0.717, 1.165) is 5.56 Å². The Bertz CT molecular complexity index is 333. The maximum absolute atomic E-state index is 5.39. The molecule has 74 valence electrons. The fraction of sp³-hybridized carbons (Fsp3) is 0.400. The van der Waals surface area contributed by atoms with Crippen molar-refractivity contribution in [2.24, 2.45) is 5.84 Å². The third-order valence-corrected chi connectivity index (χ3v) is 1.80. The largest absolute Gasteiger partial charge is 0.271 e. The van der Waals surface area contributed by atoms with Gasteiger partial charge in [-0.25, -0.2) is 15.4 Å². The highest BCUT2D eigenvalue weighted by Gasteiger charge is 2.10. The second-order valence-corrected chi connectivity index (χ2v) is 2.97. The van der Waals surface area contributed by atoms with Crippen LogP contribution in [0.3, 0.4) is 0 Å². The second-order valence-electron chi connectivity index (χ2n) is 2.97. The van der Waals surface area contributed by atoms with Crippen LogP contribution >= 0.6 is 0 Å². The van der Waals surface area contributed by atoms with Crippen LogP contribution in [0.1, 0.15) is 30.8 Å². The Morgan fingerprint density at radius 1 is 1.50 bits per heavy atom. The van der Waals surface area contributed by atoms with Crippen LogP contribution in [-0.2, 0) is 0 Å². The summed E-state index contributed by atoms with van der Waals surface area (Å²) in [5.74, 6) is 11.8. The van der Waals surface area contributed by atoms with Crippen LogP contribution in [0.5, 0.6) is 0 Å². The summed E-state index contributed by atoms with van der Waals surface area (Å²) in [5, 5.41) is 0. The minimum Gasteiger partial charge on any atom is -0.271 e. The van der Waals surface area contributed by atoms with Gasteiger partial charge in [-0.3, -0.25) is 5.84 Å². The number of aryl methyl sites for hydroxylation is 1. The van der Waals surface area contributed by atoms with Crippen molar-refractivity contribution < 1.29 is 0 Å². The topological polar surface area (TPSA) is 63.8 Å². The van der Waals surface area contributed by atoms with Gasteiger partial charge >= 0.3 is 0 Å². The van der Waals surface area contributed by atoms with E-state index in [-0.39, 0.29) is 6.04 Å². The molecule has 0 aliphatic rings. The van der Waals surface area contributed by atoms with Gasteiger partial charge < -0.3 is 0 Å². The first-order valence-corrected chi connectivity index (χ1v) is 4.42. The zero-order chi connectivity index (χ0) is 10.4. The minimum atomic E-state index is -0.0944. The molecule has 0 saturated heterocycles. The number of nitrogens with zero attached hydrogens (tertiary/aromatic N) is 2. The van der Waals surface area contributed by atoms with E-state index in [1.807, 2.05) is 6.92 Å². The van der Waals surface area contributed by atoms with Gasteiger partial charge in [0.1, 0.15) is 5.82 Å². The third-order valence-electron chi connectivity index (χ3n) is 1.80. The van der Waals surface area contributed by atoms with Gasteiger partial charge in [0.25, 0.3) is 0 Å². The van der Waals surface area contributed by atoms with E-state index < -0.39 is 0 Å². The molecule has 1 atom stereocenters. The number of aromatic nitrogens is 2. The van der Waals surface area contributed by atoms with Gasteiger partial charge in [-0.2, -0.15) is 0 Å². The van der Waals surface area contributed by atoms with Crippen molar-refractivity contribution in [1.82, 2.24) is 15.4 Å². The number of hydrazine groups is 1. The molecule has 0 radical (unpaired) electrons. The molecule has 4 nitrogen and oxygen atoms in total. The van der Waals surface area contributed by atoms with E-state index in [0.29, 0.717) is 12.2 Å². The van der Waals surface area contributed by atoms with Crippen LogP contribution in [-0.4, -0.2) is 9.97 Å². The summed E-state index contributed by atoms with van der Waals surface area (Å²) in [6.07, 6.45) is 4.16. The molecule has 3 N–H and O–H groups in total. The van der Waals surface area contributed by atoms with Gasteiger partial charge in [0, 0.05) is 18.8 Å². The predicted molar refractivity (Wildman–Crippen MR) is 54.9 cm³/mol. The Kier molecular flexibility index (Phi) is 4.05. The molecule has 0 fully saturated rings. The normalized spacial score (nSPS) is 11.6. The summed E-state index contributed by atoms with van der Waals surface area (Å²) >= 11 is 0. The molecule has 1 aromatic heterocycles. The molecule has 1 heterocycles. The average molecular weight is 190 g/mol. The van der Waals surface area contributed by atoms with Crippen LogP contribution in [0.4, 0.5) is 0 Å². The summed E-state index contributed by atoms with van der Waals surface area (Å²) in [5.41, 5.74) is 3.68. The highest BCUT2D eigenvalue weighted by molar-refractivity contribution is 5.07. The summed E-state index contributed by atoms with van der Waals surface area (Å²) in [6, 6.07) is -0.0944. The first-order chi connectivity index (χ1) is 6.77. The first-order valence-electron chi connectivity index (χ1n) is 4.42. The molecule has 0 aromatic carbocycles. The smallest absolute Gasteiger partial charge is 0.147 e. The standard InChI is InChI=1S/C10H14N4/c1-3-4-5-9(14-11)10-12-6-8(2)7-13-10/h6-7,9,14H,5,11H2,1-2H3. The fourth-order valence-electron chi connectivity index (χ4n) is 1.01. The van der Waals surface area contributed by atoms with Gasteiger partial charge in [-0.05, 0) is 19.4 Å². The molecule has 1 rings (SSSR count). The van der Waals surface area contributed by atoms with Crippen LogP contribution in [0.25, 0.3) is 0 Å². The third kappa shape index (κ3) is 2.80. The first kappa shape index (κ1) is 10.6. The van der Waals surface area contributed by atoms with Crippen molar-refractivity contribution in [3.05, 3.63) is 23.8 Å². The Labute approximate surface area is 83.9 Å². The van der Waals surface area contributed by atoms with Crippen LogP contribution in [0, 0.1) is 18.8 Å². The van der Waals surface area contributed by atoms with Crippen LogP contribution in [0.2, 0.25) is 0 Å². The Balaban J connectivity index is 2.76. The second kappa shape index (κ2) is 5.32.